The number of aliphatic carboxylic acids is 1. The van der Waals surface area contributed by atoms with Crippen molar-refractivity contribution in [3.8, 4) is 0 Å². The third-order valence-corrected chi connectivity index (χ3v) is 2.46. The average molecular weight is 229 g/mol. The maximum atomic E-state index is 11.3. The normalized spacial score (nSPS) is 17.9. The number of hydrogen-bond donors (Lipinski definition) is 2. The molecule has 1 saturated carbocycles. The molecule has 0 heterocycles. The van der Waals surface area contributed by atoms with Crippen LogP contribution in [0.1, 0.15) is 33.6 Å². The van der Waals surface area contributed by atoms with Gasteiger partial charge in [-0.2, -0.15) is 0 Å². The van der Waals surface area contributed by atoms with Crippen LogP contribution in [0.5, 0.6) is 0 Å². The van der Waals surface area contributed by atoms with Crippen molar-refractivity contribution in [2.45, 2.75) is 39.2 Å². The van der Waals surface area contributed by atoms with Crippen molar-refractivity contribution in [3.63, 3.8) is 0 Å². The Morgan fingerprint density at radius 1 is 1.38 bits per heavy atom. The maximum absolute atomic E-state index is 11.3. The van der Waals surface area contributed by atoms with Gasteiger partial charge >= 0.3 is 11.9 Å². The molecular formula is C11H19NO4. The molecule has 0 aromatic rings. The van der Waals surface area contributed by atoms with E-state index in [0.29, 0.717) is 19.4 Å². The van der Waals surface area contributed by atoms with Gasteiger partial charge in [0, 0.05) is 6.54 Å². The first-order chi connectivity index (χ1) is 7.25. The van der Waals surface area contributed by atoms with E-state index in [1.54, 1.807) is 20.8 Å². The van der Waals surface area contributed by atoms with Gasteiger partial charge in [0.2, 0.25) is 0 Å². The second-order valence-electron chi connectivity index (χ2n) is 5.28. The lowest BCUT2D eigenvalue weighted by Crippen LogP contribution is -2.36. The summed E-state index contributed by atoms with van der Waals surface area (Å²) in [6, 6.07) is 0. The highest BCUT2D eigenvalue weighted by molar-refractivity contribution is 5.78. The predicted molar refractivity (Wildman–Crippen MR) is 58.0 cm³/mol. The Morgan fingerprint density at radius 3 is 2.31 bits per heavy atom. The van der Waals surface area contributed by atoms with Gasteiger partial charge in [-0.3, -0.25) is 9.59 Å². The van der Waals surface area contributed by atoms with E-state index >= 15 is 0 Å². The van der Waals surface area contributed by atoms with Crippen LogP contribution in [0.15, 0.2) is 0 Å². The minimum atomic E-state index is -0.788. The van der Waals surface area contributed by atoms with Gasteiger partial charge in [0.05, 0.1) is 12.0 Å². The Kier molecular flexibility index (Phi) is 3.57. The van der Waals surface area contributed by atoms with Crippen LogP contribution in [0.3, 0.4) is 0 Å². The molecule has 0 radical (unpaired) electrons. The standard InChI is InChI=1S/C11H19NO4/c1-10(2,3)16-8(13)6-12-7-11(4-5-11)9(14)15/h12H,4-7H2,1-3H3,(H,14,15). The van der Waals surface area contributed by atoms with Crippen LogP contribution in [0, 0.1) is 5.41 Å². The molecule has 0 spiro atoms. The molecule has 16 heavy (non-hydrogen) atoms. The number of ether oxygens (including phenoxy) is 1. The quantitative estimate of drug-likeness (QED) is 0.681. The van der Waals surface area contributed by atoms with Crippen molar-refractivity contribution in [2.75, 3.05) is 13.1 Å². The van der Waals surface area contributed by atoms with Gasteiger partial charge < -0.3 is 15.2 Å². The highest BCUT2D eigenvalue weighted by Gasteiger charge is 2.49. The Morgan fingerprint density at radius 2 is 1.94 bits per heavy atom. The minimum absolute atomic E-state index is 0.0618. The van der Waals surface area contributed by atoms with Crippen LogP contribution in [0.2, 0.25) is 0 Å². The van der Waals surface area contributed by atoms with E-state index in [-0.39, 0.29) is 12.5 Å². The first-order valence-corrected chi connectivity index (χ1v) is 5.41. The van der Waals surface area contributed by atoms with E-state index in [9.17, 15) is 9.59 Å². The summed E-state index contributed by atoms with van der Waals surface area (Å²) in [6.07, 6.45) is 1.37. The Hall–Kier alpha value is -1.10. The van der Waals surface area contributed by atoms with Crippen LogP contribution in [-0.2, 0) is 14.3 Å². The summed E-state index contributed by atoms with van der Waals surface area (Å²) in [5.74, 6) is -1.14. The molecular weight excluding hydrogens is 210 g/mol. The predicted octanol–water partition coefficient (Wildman–Crippen LogP) is 0.782. The minimum Gasteiger partial charge on any atom is -0.481 e. The van der Waals surface area contributed by atoms with Gasteiger partial charge in [-0.25, -0.2) is 0 Å². The van der Waals surface area contributed by atoms with Crippen molar-refractivity contribution < 1.29 is 19.4 Å². The number of carboxylic acid groups (broad SMARTS) is 1. The fraction of sp³-hybridized carbons (Fsp3) is 0.818. The topological polar surface area (TPSA) is 75.6 Å². The number of carbonyl (C=O) groups excluding carboxylic acids is 1. The molecule has 0 aromatic heterocycles. The summed E-state index contributed by atoms with van der Waals surface area (Å²) in [4.78, 5) is 22.1. The first kappa shape index (κ1) is 13.0. The highest BCUT2D eigenvalue weighted by Crippen LogP contribution is 2.45. The van der Waals surface area contributed by atoms with E-state index in [4.69, 9.17) is 9.84 Å². The lowest BCUT2D eigenvalue weighted by molar-refractivity contribution is -0.154. The van der Waals surface area contributed by atoms with Crippen molar-refractivity contribution in [1.82, 2.24) is 5.32 Å². The summed E-state index contributed by atoms with van der Waals surface area (Å²) in [6.45, 7) is 5.79. The average Bonchev–Trinajstić information content (AvgIpc) is 2.81. The largest absolute Gasteiger partial charge is 0.481 e. The van der Waals surface area contributed by atoms with Crippen molar-refractivity contribution in [3.05, 3.63) is 0 Å². The van der Waals surface area contributed by atoms with E-state index in [1.165, 1.54) is 0 Å². The highest BCUT2D eigenvalue weighted by atomic mass is 16.6. The molecule has 0 saturated heterocycles. The number of nitrogens with one attached hydrogen (secondary N) is 1. The summed E-state index contributed by atoms with van der Waals surface area (Å²) in [5.41, 5.74) is -1.13. The van der Waals surface area contributed by atoms with Crippen LogP contribution < -0.4 is 5.32 Å². The molecule has 5 nitrogen and oxygen atoms in total. The first-order valence-electron chi connectivity index (χ1n) is 5.41. The molecule has 92 valence electrons. The molecule has 1 fully saturated rings. The number of hydrogen-bond acceptors (Lipinski definition) is 4. The third kappa shape index (κ3) is 3.81. The zero-order valence-electron chi connectivity index (χ0n) is 10.0. The Balaban J connectivity index is 2.21. The van der Waals surface area contributed by atoms with Crippen LogP contribution in [-0.4, -0.2) is 35.7 Å². The maximum Gasteiger partial charge on any atom is 0.320 e. The Bertz CT molecular complexity index is 289. The fourth-order valence-corrected chi connectivity index (χ4v) is 1.40. The van der Waals surface area contributed by atoms with Crippen LogP contribution in [0.25, 0.3) is 0 Å². The molecule has 5 heteroatoms. The zero-order chi connectivity index (χ0) is 12.4. The van der Waals surface area contributed by atoms with Crippen LogP contribution in [0.4, 0.5) is 0 Å². The van der Waals surface area contributed by atoms with Gasteiger partial charge in [-0.1, -0.05) is 0 Å². The fourth-order valence-electron chi connectivity index (χ4n) is 1.40. The number of esters is 1. The van der Waals surface area contributed by atoms with E-state index < -0.39 is 17.0 Å². The van der Waals surface area contributed by atoms with Crippen molar-refractivity contribution in [2.24, 2.45) is 5.41 Å². The lowest BCUT2D eigenvalue weighted by atomic mass is 10.1. The van der Waals surface area contributed by atoms with E-state index in [1.807, 2.05) is 0 Å². The summed E-state index contributed by atoms with van der Waals surface area (Å²) in [5, 5.41) is 11.7. The van der Waals surface area contributed by atoms with Gasteiger partial charge in [0.1, 0.15) is 5.60 Å². The Labute approximate surface area is 95.2 Å². The molecule has 1 aliphatic rings. The second-order valence-corrected chi connectivity index (χ2v) is 5.28. The molecule has 0 aromatic carbocycles. The number of carboxylic acids is 1. The second kappa shape index (κ2) is 4.41. The van der Waals surface area contributed by atoms with E-state index in [2.05, 4.69) is 5.32 Å². The molecule has 0 amide bonds. The van der Waals surface area contributed by atoms with Gasteiger partial charge in [-0.05, 0) is 33.6 Å². The molecule has 0 bridgehead atoms. The molecule has 0 unspecified atom stereocenters. The molecule has 2 N–H and O–H groups in total. The summed E-state index contributed by atoms with van der Waals surface area (Å²) < 4.78 is 5.08. The van der Waals surface area contributed by atoms with Gasteiger partial charge in [-0.15, -0.1) is 0 Å². The summed E-state index contributed by atoms with van der Waals surface area (Å²) >= 11 is 0. The number of carbonyl (C=O) groups is 2. The zero-order valence-corrected chi connectivity index (χ0v) is 10.0. The number of rotatable bonds is 5. The van der Waals surface area contributed by atoms with Crippen LogP contribution >= 0.6 is 0 Å². The van der Waals surface area contributed by atoms with Gasteiger partial charge in [0.25, 0.3) is 0 Å². The van der Waals surface area contributed by atoms with Crippen molar-refractivity contribution >= 4 is 11.9 Å². The molecule has 1 aliphatic carbocycles. The SMILES string of the molecule is CC(C)(C)OC(=O)CNCC1(C(=O)O)CC1. The van der Waals surface area contributed by atoms with Gasteiger partial charge in [0.15, 0.2) is 0 Å². The molecule has 0 atom stereocenters. The third-order valence-electron chi connectivity index (χ3n) is 2.46. The smallest absolute Gasteiger partial charge is 0.320 e. The molecule has 0 aliphatic heterocycles. The summed E-state index contributed by atoms with van der Waals surface area (Å²) in [7, 11) is 0. The molecule has 1 rings (SSSR count). The van der Waals surface area contributed by atoms with E-state index in [0.717, 1.165) is 0 Å². The van der Waals surface area contributed by atoms with Crippen molar-refractivity contribution in [1.29, 1.82) is 0 Å². The monoisotopic (exact) mass is 229 g/mol. The lowest BCUT2D eigenvalue weighted by Gasteiger charge is -2.20.